The molecule has 4 saturated heterocycles. The first kappa shape index (κ1) is 27.6. The van der Waals surface area contributed by atoms with Gasteiger partial charge in [0.05, 0.1) is 6.42 Å². The van der Waals surface area contributed by atoms with Gasteiger partial charge in [0, 0.05) is 9.49 Å². The van der Waals surface area contributed by atoms with Gasteiger partial charge in [0.2, 0.25) is 17.7 Å². The Morgan fingerprint density at radius 1 is 0.902 bits per heavy atom. The highest BCUT2D eigenvalue weighted by atomic mass is 32.2. The molecule has 4 aliphatic rings. The van der Waals surface area contributed by atoms with Crippen LogP contribution >= 0.6 is 23.5 Å². The van der Waals surface area contributed by atoms with Gasteiger partial charge in [0.1, 0.15) is 34.9 Å². The Hall–Kier alpha value is -3.57. The van der Waals surface area contributed by atoms with E-state index in [1.807, 2.05) is 44.2 Å². The van der Waals surface area contributed by atoms with E-state index in [1.165, 1.54) is 0 Å². The van der Waals surface area contributed by atoms with Gasteiger partial charge >= 0.3 is 0 Å². The van der Waals surface area contributed by atoms with Gasteiger partial charge in [-0.25, -0.2) is 0 Å². The van der Waals surface area contributed by atoms with Gasteiger partial charge in [-0.3, -0.25) is 14.4 Å². The van der Waals surface area contributed by atoms with Crippen molar-refractivity contribution in [2.75, 3.05) is 0 Å². The Morgan fingerprint density at radius 2 is 1.44 bits per heavy atom. The average molecular weight is 599 g/mol. The molecular formula is C24H30N12O3S2. The van der Waals surface area contributed by atoms with Gasteiger partial charge in [0.15, 0.2) is 11.6 Å². The molecule has 3 aromatic rings. The van der Waals surface area contributed by atoms with Crippen molar-refractivity contribution < 1.29 is 14.4 Å². The Kier molecular flexibility index (Phi) is 6.77. The van der Waals surface area contributed by atoms with E-state index in [1.54, 1.807) is 33.3 Å². The molecule has 4 fully saturated rings. The first-order valence-electron chi connectivity index (χ1n) is 13.0. The molecule has 15 nitrogen and oxygen atoms in total. The molecule has 6 heterocycles. The number of carbonyl (C=O) groups is 3. The molecule has 0 saturated carbocycles. The summed E-state index contributed by atoms with van der Waals surface area (Å²) in [6.45, 7) is 8.23. The highest BCUT2D eigenvalue weighted by Gasteiger charge is 2.63. The van der Waals surface area contributed by atoms with E-state index in [0.29, 0.717) is 11.6 Å². The molecule has 0 aliphatic carbocycles. The molecular weight excluding hydrogens is 568 g/mol. The number of aromatic amines is 2. The molecule has 216 valence electrons. The second-order valence-corrected chi connectivity index (χ2v) is 14.8. The first-order chi connectivity index (χ1) is 19.5. The normalized spacial score (nSPS) is 30.5. The number of tetrazole rings is 2. The number of nitrogens with zero attached hydrogens (tertiary/aromatic N) is 8. The van der Waals surface area contributed by atoms with Crippen LogP contribution in [0.2, 0.25) is 0 Å². The number of carbonyl (C=O) groups excluding carboxylic acids is 3. The maximum atomic E-state index is 12.6. The van der Waals surface area contributed by atoms with Gasteiger partial charge in [-0.15, -0.1) is 43.9 Å². The minimum absolute atomic E-state index is 0.0297. The predicted molar refractivity (Wildman–Crippen MR) is 148 cm³/mol. The van der Waals surface area contributed by atoms with Crippen molar-refractivity contribution in [1.29, 1.82) is 0 Å². The van der Waals surface area contributed by atoms with Crippen molar-refractivity contribution >= 4 is 41.2 Å². The lowest BCUT2D eigenvalue weighted by Crippen LogP contribution is -2.68. The van der Waals surface area contributed by atoms with E-state index in [9.17, 15) is 14.4 Å². The Bertz CT molecular complexity index is 1440. The number of thioether (sulfide) groups is 2. The standard InChI is InChI=1S/C16H18N6O2S.C8H12N6OS/c1-16(2)12(13-18-20-21-19-13)22-14(24)11(15(22)25-16)17-10(23)8-9-6-4-3-5-7-9;1-8(2)4(5-10-12-13-11-5)14-6(15)3(9)7(14)16-8/h3-7,11-12,15H,8H2,1-2H3,(H,17,23)(H,18,19,20,21);3-4,7H,9H2,1-2H3,(H,10,11,12,13)/t11?,12?,15-;3?,4?,7-/m11/s1. The number of aromatic nitrogens is 8. The lowest BCUT2D eigenvalue weighted by Gasteiger charge is -2.44. The van der Waals surface area contributed by atoms with Crippen LogP contribution in [0.3, 0.4) is 0 Å². The number of hydrogen-bond donors (Lipinski definition) is 4. The van der Waals surface area contributed by atoms with Gasteiger partial charge in [-0.2, -0.15) is 10.4 Å². The van der Waals surface area contributed by atoms with Crippen LogP contribution in [0, 0.1) is 0 Å². The van der Waals surface area contributed by atoms with Crippen LogP contribution in [0.25, 0.3) is 0 Å². The smallest absolute Gasteiger partial charge is 0.249 e. The number of β-lactam (4-membered cyclic amide) rings is 2. The Labute approximate surface area is 243 Å². The van der Waals surface area contributed by atoms with Crippen LogP contribution in [-0.4, -0.2) is 101 Å². The fourth-order valence-corrected chi connectivity index (χ4v) is 9.00. The number of H-pyrrole nitrogens is 2. The van der Waals surface area contributed by atoms with E-state index in [0.717, 1.165) is 5.56 Å². The molecule has 6 atom stereocenters. The molecule has 7 rings (SSSR count). The number of rotatable bonds is 5. The summed E-state index contributed by atoms with van der Waals surface area (Å²) < 4.78 is -0.401. The van der Waals surface area contributed by atoms with Crippen molar-refractivity contribution in [3.05, 3.63) is 47.5 Å². The maximum Gasteiger partial charge on any atom is 0.249 e. The minimum Gasteiger partial charge on any atom is -0.341 e. The molecule has 1 aromatic carbocycles. The SMILES string of the molecule is CC1(C)S[C@@H]2C(N)C(=O)N2C1c1nn[nH]n1.CC1(C)S[C@@H]2C(NC(=O)Cc3ccccc3)C(=O)N2C1c1nn[nH]n1. The highest BCUT2D eigenvalue weighted by Crippen LogP contribution is 2.57. The number of benzene rings is 1. The molecule has 5 N–H and O–H groups in total. The van der Waals surface area contributed by atoms with Crippen LogP contribution in [0.1, 0.15) is 57.0 Å². The van der Waals surface area contributed by atoms with E-state index >= 15 is 0 Å². The molecule has 4 unspecified atom stereocenters. The summed E-state index contributed by atoms with van der Waals surface area (Å²) >= 11 is 3.35. The number of nitrogens with one attached hydrogen (secondary N) is 3. The average Bonchev–Trinajstić information content (AvgIpc) is 3.73. The summed E-state index contributed by atoms with van der Waals surface area (Å²) in [5.41, 5.74) is 6.69. The Morgan fingerprint density at radius 3 is 1.98 bits per heavy atom. The number of nitrogens with two attached hydrogens (primary N) is 1. The number of fused-ring (bicyclic) bond motifs is 2. The summed E-state index contributed by atoms with van der Waals surface area (Å²) in [5, 5.41) is 30.9. The van der Waals surface area contributed by atoms with Crippen molar-refractivity contribution in [3.63, 3.8) is 0 Å². The van der Waals surface area contributed by atoms with Gasteiger partial charge < -0.3 is 20.9 Å². The Balaban J connectivity index is 0.000000162. The van der Waals surface area contributed by atoms with Crippen LogP contribution in [-0.2, 0) is 20.8 Å². The van der Waals surface area contributed by atoms with Crippen molar-refractivity contribution in [2.45, 2.75) is 78.5 Å². The van der Waals surface area contributed by atoms with Crippen molar-refractivity contribution in [3.8, 4) is 0 Å². The zero-order valence-electron chi connectivity index (χ0n) is 22.8. The monoisotopic (exact) mass is 598 g/mol. The van der Waals surface area contributed by atoms with E-state index in [4.69, 9.17) is 5.73 Å². The summed E-state index contributed by atoms with van der Waals surface area (Å²) in [4.78, 5) is 40.2. The lowest BCUT2D eigenvalue weighted by atomic mass is 9.95. The highest BCUT2D eigenvalue weighted by molar-refractivity contribution is 8.02. The quantitative estimate of drug-likeness (QED) is 0.285. The summed E-state index contributed by atoms with van der Waals surface area (Å²) in [7, 11) is 0. The molecule has 0 bridgehead atoms. The van der Waals surface area contributed by atoms with Gasteiger partial charge in [-0.1, -0.05) is 40.8 Å². The molecule has 41 heavy (non-hydrogen) atoms. The first-order valence-corrected chi connectivity index (χ1v) is 14.8. The third kappa shape index (κ3) is 4.64. The van der Waals surface area contributed by atoms with Gasteiger partial charge in [-0.05, 0) is 33.3 Å². The molecule has 2 aromatic heterocycles. The van der Waals surface area contributed by atoms with Crippen LogP contribution in [0.5, 0.6) is 0 Å². The van der Waals surface area contributed by atoms with E-state index in [2.05, 4.69) is 60.4 Å². The molecule has 3 amide bonds. The van der Waals surface area contributed by atoms with Crippen molar-refractivity contribution in [1.82, 2.24) is 56.4 Å². The fourth-order valence-electron chi connectivity index (χ4n) is 5.80. The minimum atomic E-state index is -0.502. The van der Waals surface area contributed by atoms with E-state index in [-0.39, 0.29) is 62.5 Å². The summed E-state index contributed by atoms with van der Waals surface area (Å²) in [6.07, 6.45) is 0.264. The topological polar surface area (TPSA) is 205 Å². The molecule has 0 radical (unpaired) electrons. The second-order valence-electron chi connectivity index (χ2n) is 11.3. The van der Waals surface area contributed by atoms with Crippen LogP contribution in [0.15, 0.2) is 30.3 Å². The fraction of sp³-hybridized carbons (Fsp3) is 0.542. The maximum absolute atomic E-state index is 12.6. The lowest BCUT2D eigenvalue weighted by molar-refractivity contribution is -0.151. The molecule has 4 aliphatic heterocycles. The van der Waals surface area contributed by atoms with Crippen LogP contribution in [0.4, 0.5) is 0 Å². The molecule has 0 spiro atoms. The number of amides is 3. The zero-order valence-corrected chi connectivity index (χ0v) is 24.4. The van der Waals surface area contributed by atoms with E-state index < -0.39 is 6.04 Å². The zero-order chi connectivity index (χ0) is 29.1. The van der Waals surface area contributed by atoms with Crippen molar-refractivity contribution in [2.24, 2.45) is 5.73 Å². The summed E-state index contributed by atoms with van der Waals surface area (Å²) in [5.74, 6) is 0.783. The third-order valence-electron chi connectivity index (χ3n) is 7.66. The largest absolute Gasteiger partial charge is 0.341 e. The number of hydrogen-bond acceptors (Lipinski definition) is 12. The third-order valence-corrected chi connectivity index (χ3v) is 10.8. The second kappa shape index (κ2) is 10.1. The molecule has 17 heteroatoms. The predicted octanol–water partition coefficient (Wildman–Crippen LogP) is -0.0762. The summed E-state index contributed by atoms with van der Waals surface area (Å²) in [6, 6.07) is 8.20. The van der Waals surface area contributed by atoms with Gasteiger partial charge in [0.25, 0.3) is 0 Å². The van der Waals surface area contributed by atoms with Crippen LogP contribution < -0.4 is 11.1 Å².